The molecule has 16 heavy (non-hydrogen) atoms. The van der Waals surface area contributed by atoms with Gasteiger partial charge >= 0.3 is 5.97 Å². The SMILES string of the molecule is CCc1cc(OCCC(N)=O)c(C(=O)O)s1. The van der Waals surface area contributed by atoms with Gasteiger partial charge in [0, 0.05) is 4.88 Å². The van der Waals surface area contributed by atoms with Crippen molar-refractivity contribution in [1.29, 1.82) is 0 Å². The molecule has 0 aliphatic rings. The molecule has 1 rings (SSSR count). The molecule has 3 N–H and O–H groups in total. The summed E-state index contributed by atoms with van der Waals surface area (Å²) in [6.45, 7) is 2.04. The number of hydrogen-bond donors (Lipinski definition) is 2. The molecule has 1 aromatic heterocycles. The van der Waals surface area contributed by atoms with Crippen LogP contribution in [0.4, 0.5) is 0 Å². The van der Waals surface area contributed by atoms with Gasteiger partial charge in [0.05, 0.1) is 13.0 Å². The van der Waals surface area contributed by atoms with Gasteiger partial charge in [0.1, 0.15) is 5.75 Å². The first kappa shape index (κ1) is 12.5. The van der Waals surface area contributed by atoms with Crippen molar-refractivity contribution in [1.82, 2.24) is 0 Å². The van der Waals surface area contributed by atoms with Crippen molar-refractivity contribution >= 4 is 23.2 Å². The monoisotopic (exact) mass is 243 g/mol. The second kappa shape index (κ2) is 5.50. The highest BCUT2D eigenvalue weighted by molar-refractivity contribution is 7.14. The smallest absolute Gasteiger partial charge is 0.349 e. The number of carboxylic acid groups (broad SMARTS) is 1. The molecule has 0 saturated carbocycles. The minimum atomic E-state index is -1.02. The molecule has 0 radical (unpaired) electrons. The summed E-state index contributed by atoms with van der Waals surface area (Å²) >= 11 is 1.19. The number of carbonyl (C=O) groups is 2. The number of aromatic carboxylic acids is 1. The van der Waals surface area contributed by atoms with Gasteiger partial charge in [-0.15, -0.1) is 11.3 Å². The number of aryl methyl sites for hydroxylation is 1. The van der Waals surface area contributed by atoms with E-state index < -0.39 is 11.9 Å². The van der Waals surface area contributed by atoms with Crippen molar-refractivity contribution in [3.63, 3.8) is 0 Å². The van der Waals surface area contributed by atoms with E-state index in [2.05, 4.69) is 0 Å². The fourth-order valence-corrected chi connectivity index (χ4v) is 1.99. The summed E-state index contributed by atoms with van der Waals surface area (Å²) in [5, 5.41) is 8.92. The van der Waals surface area contributed by atoms with E-state index in [1.165, 1.54) is 11.3 Å². The first-order valence-corrected chi connectivity index (χ1v) is 5.63. The van der Waals surface area contributed by atoms with Crippen LogP contribution < -0.4 is 10.5 Å². The lowest BCUT2D eigenvalue weighted by Gasteiger charge is -2.02. The molecule has 1 aromatic rings. The number of amides is 1. The standard InChI is InChI=1S/C10H13NO4S/c1-2-6-5-7(9(16-6)10(13)14)15-4-3-8(11)12/h5H,2-4H2,1H3,(H2,11,12)(H,13,14). The fraction of sp³-hybridized carbons (Fsp3) is 0.400. The predicted molar refractivity (Wildman–Crippen MR) is 60.0 cm³/mol. The van der Waals surface area contributed by atoms with Crippen molar-refractivity contribution in [3.05, 3.63) is 15.8 Å². The van der Waals surface area contributed by atoms with Gasteiger partial charge in [0.2, 0.25) is 5.91 Å². The number of hydrogen-bond acceptors (Lipinski definition) is 4. The number of carbonyl (C=O) groups excluding carboxylic acids is 1. The van der Waals surface area contributed by atoms with Crippen LogP contribution in [0.5, 0.6) is 5.75 Å². The zero-order valence-electron chi connectivity index (χ0n) is 8.86. The number of carboxylic acids is 1. The summed E-state index contributed by atoms with van der Waals surface area (Å²) in [6.07, 6.45) is 0.834. The molecule has 0 spiro atoms. The van der Waals surface area contributed by atoms with Crippen LogP contribution in [0.15, 0.2) is 6.07 Å². The average molecular weight is 243 g/mol. The van der Waals surface area contributed by atoms with Crippen molar-refractivity contribution in [3.8, 4) is 5.75 Å². The lowest BCUT2D eigenvalue weighted by Crippen LogP contribution is -2.14. The third-order valence-corrected chi connectivity index (χ3v) is 3.15. The van der Waals surface area contributed by atoms with Crippen LogP contribution in [0.2, 0.25) is 0 Å². The molecule has 0 bridgehead atoms. The summed E-state index contributed by atoms with van der Waals surface area (Å²) in [5.41, 5.74) is 4.95. The normalized spacial score (nSPS) is 10.1. The Labute approximate surface area is 96.8 Å². The Kier molecular flexibility index (Phi) is 4.30. The van der Waals surface area contributed by atoms with Crippen LogP contribution in [0.1, 0.15) is 27.9 Å². The number of primary amides is 1. The Morgan fingerprint density at radius 3 is 2.75 bits per heavy atom. The van der Waals surface area contributed by atoms with Gasteiger partial charge in [0.15, 0.2) is 4.88 Å². The molecule has 1 heterocycles. The topological polar surface area (TPSA) is 89.6 Å². The van der Waals surface area contributed by atoms with Crippen LogP contribution in [0.3, 0.4) is 0 Å². The Morgan fingerprint density at radius 2 is 2.25 bits per heavy atom. The van der Waals surface area contributed by atoms with Gasteiger partial charge in [-0.1, -0.05) is 6.92 Å². The quantitative estimate of drug-likeness (QED) is 0.787. The van der Waals surface area contributed by atoms with Crippen LogP contribution >= 0.6 is 11.3 Å². The van der Waals surface area contributed by atoms with Crippen LogP contribution in [-0.4, -0.2) is 23.6 Å². The fourth-order valence-electron chi connectivity index (χ4n) is 1.11. The highest BCUT2D eigenvalue weighted by Gasteiger charge is 2.16. The molecule has 5 nitrogen and oxygen atoms in total. The predicted octanol–water partition coefficient (Wildman–Crippen LogP) is 1.26. The molecule has 0 fully saturated rings. The zero-order chi connectivity index (χ0) is 12.1. The maximum atomic E-state index is 10.9. The van der Waals surface area contributed by atoms with Crippen LogP contribution in [-0.2, 0) is 11.2 Å². The van der Waals surface area contributed by atoms with Crippen molar-refractivity contribution in [2.75, 3.05) is 6.61 Å². The summed E-state index contributed by atoms with van der Waals surface area (Å²) in [7, 11) is 0. The Morgan fingerprint density at radius 1 is 1.56 bits per heavy atom. The highest BCUT2D eigenvalue weighted by Crippen LogP contribution is 2.29. The largest absolute Gasteiger partial charge is 0.491 e. The number of thiophene rings is 1. The summed E-state index contributed by atoms with van der Waals surface area (Å²) in [5.74, 6) is -1.17. The average Bonchev–Trinajstić information content (AvgIpc) is 2.60. The van der Waals surface area contributed by atoms with E-state index in [0.717, 1.165) is 11.3 Å². The molecule has 6 heteroatoms. The number of rotatable bonds is 6. The third kappa shape index (κ3) is 3.23. The van der Waals surface area contributed by atoms with E-state index in [1.807, 2.05) is 6.92 Å². The molecule has 0 aliphatic heterocycles. The van der Waals surface area contributed by atoms with Crippen LogP contribution in [0, 0.1) is 0 Å². The van der Waals surface area contributed by atoms with E-state index in [4.69, 9.17) is 15.6 Å². The summed E-state index contributed by atoms with van der Waals surface area (Å²) < 4.78 is 5.22. The third-order valence-electron chi connectivity index (χ3n) is 1.90. The Balaban J connectivity index is 2.73. The molecule has 0 aromatic carbocycles. The summed E-state index contributed by atoms with van der Waals surface area (Å²) in [4.78, 5) is 22.5. The van der Waals surface area contributed by atoms with E-state index in [-0.39, 0.29) is 17.9 Å². The number of ether oxygens (including phenoxy) is 1. The minimum Gasteiger partial charge on any atom is -0.491 e. The lowest BCUT2D eigenvalue weighted by atomic mass is 10.3. The van der Waals surface area contributed by atoms with Gasteiger partial charge in [-0.2, -0.15) is 0 Å². The first-order valence-electron chi connectivity index (χ1n) is 4.81. The minimum absolute atomic E-state index is 0.0797. The molecule has 1 amide bonds. The van der Waals surface area contributed by atoms with Gasteiger partial charge in [-0.3, -0.25) is 4.79 Å². The maximum Gasteiger partial charge on any atom is 0.349 e. The zero-order valence-corrected chi connectivity index (χ0v) is 9.67. The van der Waals surface area contributed by atoms with Crippen molar-refractivity contribution in [2.24, 2.45) is 5.73 Å². The summed E-state index contributed by atoms with van der Waals surface area (Å²) in [6, 6.07) is 1.69. The van der Waals surface area contributed by atoms with Gasteiger partial charge in [-0.25, -0.2) is 4.79 Å². The second-order valence-electron chi connectivity index (χ2n) is 3.13. The van der Waals surface area contributed by atoms with Gasteiger partial charge < -0.3 is 15.6 Å². The molecular weight excluding hydrogens is 230 g/mol. The van der Waals surface area contributed by atoms with E-state index in [0.29, 0.717) is 5.75 Å². The van der Waals surface area contributed by atoms with Gasteiger partial charge in [0.25, 0.3) is 0 Å². The molecule has 0 unspecified atom stereocenters. The Hall–Kier alpha value is -1.56. The second-order valence-corrected chi connectivity index (χ2v) is 4.27. The lowest BCUT2D eigenvalue weighted by molar-refractivity contribution is -0.118. The first-order chi connectivity index (χ1) is 7.54. The maximum absolute atomic E-state index is 10.9. The highest BCUT2D eigenvalue weighted by atomic mass is 32.1. The van der Waals surface area contributed by atoms with Gasteiger partial charge in [-0.05, 0) is 12.5 Å². The van der Waals surface area contributed by atoms with Crippen molar-refractivity contribution < 1.29 is 19.4 Å². The molecule has 88 valence electrons. The Bertz CT molecular complexity index is 400. The van der Waals surface area contributed by atoms with Crippen molar-refractivity contribution in [2.45, 2.75) is 19.8 Å². The molecular formula is C10H13NO4S. The molecule has 0 aliphatic carbocycles. The van der Waals surface area contributed by atoms with E-state index in [1.54, 1.807) is 6.07 Å². The van der Waals surface area contributed by atoms with E-state index >= 15 is 0 Å². The molecule has 0 atom stereocenters. The number of nitrogens with two attached hydrogens (primary N) is 1. The van der Waals surface area contributed by atoms with E-state index in [9.17, 15) is 9.59 Å². The molecule has 0 saturated heterocycles. The van der Waals surface area contributed by atoms with Crippen LogP contribution in [0.25, 0.3) is 0 Å².